The van der Waals surface area contributed by atoms with Crippen LogP contribution in [0.4, 0.5) is 0 Å². The Morgan fingerprint density at radius 2 is 2.00 bits per heavy atom. The van der Waals surface area contributed by atoms with Gasteiger partial charge in [0.1, 0.15) is 0 Å². The maximum Gasteiger partial charge on any atom is 0.253 e. The standard InChI is InChI=1S/C18H18N4O3/c23-15-7-13-8-22(9-14(13)19-15)18(24)12-5-1-10(2-6-12)16-20-17(25-21-16)11-3-4-11/h1-2,5-6,11,13-14H,3-4,7-9H2,(H,19,23)/t13-,14+/m0/s1. The third kappa shape index (κ3) is 2.59. The number of likely N-dealkylation sites (tertiary alicyclic amines) is 1. The van der Waals surface area contributed by atoms with Crippen LogP contribution in [0.3, 0.4) is 0 Å². The van der Waals surface area contributed by atoms with Crippen LogP contribution in [0, 0.1) is 5.92 Å². The number of carbonyl (C=O) groups is 2. The highest BCUT2D eigenvalue weighted by Crippen LogP contribution is 2.39. The average molecular weight is 338 g/mol. The highest BCUT2D eigenvalue weighted by molar-refractivity contribution is 5.95. The van der Waals surface area contributed by atoms with E-state index in [1.807, 2.05) is 17.0 Å². The Hall–Kier alpha value is -2.70. The lowest BCUT2D eigenvalue weighted by Crippen LogP contribution is -2.35. The van der Waals surface area contributed by atoms with Gasteiger partial charge in [0, 0.05) is 42.5 Å². The maximum absolute atomic E-state index is 12.7. The molecule has 2 aromatic rings. The Kier molecular flexibility index (Phi) is 3.16. The van der Waals surface area contributed by atoms with Gasteiger partial charge in [0.2, 0.25) is 17.6 Å². The first-order chi connectivity index (χ1) is 12.2. The fourth-order valence-electron chi connectivity index (χ4n) is 3.70. The highest BCUT2D eigenvalue weighted by Gasteiger charge is 2.41. The molecule has 3 aliphatic rings. The first-order valence-electron chi connectivity index (χ1n) is 8.70. The van der Waals surface area contributed by atoms with E-state index < -0.39 is 0 Å². The van der Waals surface area contributed by atoms with Gasteiger partial charge in [-0.1, -0.05) is 17.3 Å². The minimum atomic E-state index is 0.00183. The second kappa shape index (κ2) is 5.40. The second-order valence-corrected chi connectivity index (χ2v) is 7.16. The van der Waals surface area contributed by atoms with Crippen molar-refractivity contribution in [3.63, 3.8) is 0 Å². The molecule has 128 valence electrons. The van der Waals surface area contributed by atoms with Crippen LogP contribution in [0.2, 0.25) is 0 Å². The summed E-state index contributed by atoms with van der Waals surface area (Å²) in [5.41, 5.74) is 1.48. The summed E-state index contributed by atoms with van der Waals surface area (Å²) in [4.78, 5) is 30.3. The Morgan fingerprint density at radius 1 is 1.20 bits per heavy atom. The number of rotatable bonds is 3. The zero-order valence-electron chi connectivity index (χ0n) is 13.6. The van der Waals surface area contributed by atoms with Gasteiger partial charge >= 0.3 is 0 Å². The summed E-state index contributed by atoms with van der Waals surface area (Å²) in [5, 5.41) is 6.96. The number of nitrogens with one attached hydrogen (secondary N) is 1. The van der Waals surface area contributed by atoms with Crippen molar-refractivity contribution in [2.45, 2.75) is 31.2 Å². The molecule has 1 saturated carbocycles. The highest BCUT2D eigenvalue weighted by atomic mass is 16.5. The van der Waals surface area contributed by atoms with Gasteiger partial charge in [-0.2, -0.15) is 4.98 Å². The predicted octanol–water partition coefficient (Wildman–Crippen LogP) is 1.57. The molecule has 2 amide bonds. The second-order valence-electron chi connectivity index (χ2n) is 7.16. The number of benzene rings is 1. The number of fused-ring (bicyclic) bond motifs is 1. The summed E-state index contributed by atoms with van der Waals surface area (Å²) in [6.45, 7) is 1.23. The molecule has 2 atom stereocenters. The largest absolute Gasteiger partial charge is 0.351 e. The maximum atomic E-state index is 12.7. The normalized spacial score (nSPS) is 25.1. The summed E-state index contributed by atoms with van der Waals surface area (Å²) in [5.74, 6) is 2.05. The van der Waals surface area contributed by atoms with Crippen molar-refractivity contribution >= 4 is 11.8 Å². The van der Waals surface area contributed by atoms with Crippen LogP contribution in [-0.2, 0) is 4.79 Å². The number of aromatic nitrogens is 2. The molecule has 0 radical (unpaired) electrons. The third-order valence-electron chi connectivity index (χ3n) is 5.28. The van der Waals surface area contributed by atoms with Crippen molar-refractivity contribution in [1.29, 1.82) is 0 Å². The van der Waals surface area contributed by atoms with Crippen LogP contribution < -0.4 is 5.32 Å². The molecule has 0 spiro atoms. The summed E-state index contributed by atoms with van der Waals surface area (Å²) in [6.07, 6.45) is 2.76. The van der Waals surface area contributed by atoms with E-state index in [1.54, 1.807) is 12.1 Å². The van der Waals surface area contributed by atoms with Crippen LogP contribution in [0.5, 0.6) is 0 Å². The smallest absolute Gasteiger partial charge is 0.253 e. The minimum Gasteiger partial charge on any atom is -0.351 e. The number of carbonyl (C=O) groups excluding carboxylic acids is 2. The van der Waals surface area contributed by atoms with Gasteiger partial charge < -0.3 is 14.7 Å². The SMILES string of the molecule is O=C1C[C@H]2CN(C(=O)c3ccc(-c4noc(C5CC5)n4)cc3)C[C@H]2N1. The van der Waals surface area contributed by atoms with Crippen LogP contribution in [0.1, 0.15) is 41.4 Å². The molecule has 1 N–H and O–H groups in total. The molecule has 2 aliphatic heterocycles. The van der Waals surface area contributed by atoms with Gasteiger partial charge in [-0.3, -0.25) is 9.59 Å². The van der Waals surface area contributed by atoms with Crippen molar-refractivity contribution in [3.8, 4) is 11.4 Å². The lowest BCUT2D eigenvalue weighted by molar-refractivity contribution is -0.119. The molecule has 1 aromatic carbocycles. The molecule has 7 nitrogen and oxygen atoms in total. The van der Waals surface area contributed by atoms with Gasteiger partial charge in [-0.05, 0) is 25.0 Å². The Balaban J connectivity index is 1.29. The Bertz CT molecular complexity index is 824. The van der Waals surface area contributed by atoms with E-state index in [4.69, 9.17) is 4.52 Å². The van der Waals surface area contributed by atoms with Crippen LogP contribution >= 0.6 is 0 Å². The van der Waals surface area contributed by atoms with E-state index in [9.17, 15) is 9.59 Å². The first-order valence-corrected chi connectivity index (χ1v) is 8.70. The third-order valence-corrected chi connectivity index (χ3v) is 5.28. The summed E-state index contributed by atoms with van der Waals surface area (Å²) in [6, 6.07) is 7.42. The lowest BCUT2D eigenvalue weighted by Gasteiger charge is -2.17. The molecule has 25 heavy (non-hydrogen) atoms. The number of hydrogen-bond acceptors (Lipinski definition) is 5. The Morgan fingerprint density at radius 3 is 2.72 bits per heavy atom. The number of hydrogen-bond donors (Lipinski definition) is 1. The summed E-state index contributed by atoms with van der Waals surface area (Å²) < 4.78 is 5.28. The zero-order chi connectivity index (χ0) is 17.0. The molecular formula is C18H18N4O3. The van der Waals surface area contributed by atoms with E-state index in [-0.39, 0.29) is 23.8 Å². The summed E-state index contributed by atoms with van der Waals surface area (Å²) >= 11 is 0. The molecule has 2 saturated heterocycles. The number of amides is 2. The van der Waals surface area contributed by atoms with Crippen LogP contribution in [0.25, 0.3) is 11.4 Å². The lowest BCUT2D eigenvalue weighted by atomic mass is 10.1. The monoisotopic (exact) mass is 338 g/mol. The van der Waals surface area contributed by atoms with Crippen molar-refractivity contribution in [2.24, 2.45) is 5.92 Å². The average Bonchev–Trinajstić information content (AvgIpc) is 3.06. The van der Waals surface area contributed by atoms with E-state index >= 15 is 0 Å². The zero-order valence-corrected chi connectivity index (χ0v) is 13.6. The molecule has 7 heteroatoms. The van der Waals surface area contributed by atoms with Crippen LogP contribution in [0.15, 0.2) is 28.8 Å². The van der Waals surface area contributed by atoms with Crippen molar-refractivity contribution < 1.29 is 14.1 Å². The van der Waals surface area contributed by atoms with E-state index in [1.165, 1.54) is 0 Å². The van der Waals surface area contributed by atoms with Crippen molar-refractivity contribution in [3.05, 3.63) is 35.7 Å². The van der Waals surface area contributed by atoms with E-state index in [0.717, 1.165) is 18.4 Å². The molecule has 5 rings (SSSR count). The molecule has 0 unspecified atom stereocenters. The van der Waals surface area contributed by atoms with Gasteiger partial charge in [0.25, 0.3) is 5.91 Å². The molecule has 0 bridgehead atoms. The molecule has 3 heterocycles. The summed E-state index contributed by atoms with van der Waals surface area (Å²) in [7, 11) is 0. The fraction of sp³-hybridized carbons (Fsp3) is 0.444. The van der Waals surface area contributed by atoms with Gasteiger partial charge in [0.05, 0.1) is 6.04 Å². The predicted molar refractivity (Wildman–Crippen MR) is 87.7 cm³/mol. The first kappa shape index (κ1) is 14.6. The van der Waals surface area contributed by atoms with Crippen molar-refractivity contribution in [2.75, 3.05) is 13.1 Å². The van der Waals surface area contributed by atoms with Crippen LogP contribution in [-0.4, -0.2) is 46.0 Å². The fourth-order valence-corrected chi connectivity index (χ4v) is 3.70. The molecule has 3 fully saturated rings. The minimum absolute atomic E-state index is 0.00183. The molecule has 1 aliphatic carbocycles. The van der Waals surface area contributed by atoms with E-state index in [0.29, 0.717) is 42.7 Å². The molecule has 1 aromatic heterocycles. The Labute approximate surface area is 144 Å². The topological polar surface area (TPSA) is 88.3 Å². The van der Waals surface area contributed by atoms with Gasteiger partial charge in [-0.15, -0.1) is 0 Å². The van der Waals surface area contributed by atoms with Crippen molar-refractivity contribution in [1.82, 2.24) is 20.4 Å². The molecular weight excluding hydrogens is 320 g/mol. The van der Waals surface area contributed by atoms with Gasteiger partial charge in [0.15, 0.2) is 0 Å². The quantitative estimate of drug-likeness (QED) is 0.918. The number of nitrogens with zero attached hydrogens (tertiary/aromatic N) is 3. The van der Waals surface area contributed by atoms with Gasteiger partial charge in [-0.25, -0.2) is 0 Å². The van der Waals surface area contributed by atoms with E-state index in [2.05, 4.69) is 15.5 Å².